The number of ether oxygens (including phenoxy) is 3. The summed E-state index contributed by atoms with van der Waals surface area (Å²) < 4.78 is 141. The lowest BCUT2D eigenvalue weighted by Crippen LogP contribution is -2.35. The zero-order chi connectivity index (χ0) is 38.6. The fourth-order valence-electron chi connectivity index (χ4n) is 6.76. The van der Waals surface area contributed by atoms with Crippen molar-refractivity contribution in [3.05, 3.63) is 93.6 Å². The molecule has 5 rings (SSSR count). The van der Waals surface area contributed by atoms with Crippen LogP contribution in [-0.2, 0) is 28.0 Å². The van der Waals surface area contributed by atoms with Crippen molar-refractivity contribution in [2.75, 3.05) is 20.8 Å². The Morgan fingerprint density at radius 3 is 1.98 bits per heavy atom. The molecule has 0 bridgehead atoms. The van der Waals surface area contributed by atoms with Gasteiger partial charge in [-0.1, -0.05) is 26.0 Å². The van der Waals surface area contributed by atoms with E-state index in [0.717, 1.165) is 6.07 Å². The van der Waals surface area contributed by atoms with E-state index in [-0.39, 0.29) is 40.5 Å². The number of esters is 1. The maximum atomic E-state index is 14.5. The molecule has 1 amide bonds. The SMILES string of the molecule is COC(=O)c1ccc(-c2cc(C3=C(CN4C(=O)O[C@H](c5cc(C(F)(F)F)cc(C(F)(F)F)c5)[C@@H]4C)CC(C)(C)CC3)c(OC)cc2C(F)(F)F)cc1. The highest BCUT2D eigenvalue weighted by molar-refractivity contribution is 5.90. The molecule has 0 spiro atoms. The normalized spacial score (nSPS) is 19.5. The summed E-state index contributed by atoms with van der Waals surface area (Å²) in [7, 11) is 2.38. The standard InChI is InChI=1S/C37H34F9NO5/c1-19-31(22-12-24(35(38,39)40)14-25(13-22)36(41,42)43)52-33(49)47(19)18-23-17-34(2,3)11-10-26(23)28-15-27(29(37(44,45)46)16-30(28)50-4)20-6-8-21(9-7-20)32(48)51-5/h6-9,12-16,19,31H,10-11,17-18H2,1-5H3/t19-,31-/m0/s1. The third kappa shape index (κ3) is 7.87. The second kappa shape index (κ2) is 13.7. The van der Waals surface area contributed by atoms with Crippen molar-refractivity contribution >= 4 is 17.6 Å². The zero-order valence-corrected chi connectivity index (χ0v) is 28.6. The number of allylic oxidation sites excluding steroid dienone is 1. The fourth-order valence-corrected chi connectivity index (χ4v) is 6.76. The van der Waals surface area contributed by atoms with Gasteiger partial charge < -0.3 is 14.2 Å². The van der Waals surface area contributed by atoms with Gasteiger partial charge in [-0.3, -0.25) is 4.90 Å². The quantitative estimate of drug-likeness (QED) is 0.178. The third-order valence-corrected chi connectivity index (χ3v) is 9.45. The Labute approximate surface area is 293 Å². The average Bonchev–Trinajstić information content (AvgIpc) is 3.34. The van der Waals surface area contributed by atoms with Gasteiger partial charge in [-0.05, 0) is 102 Å². The molecule has 15 heteroatoms. The summed E-state index contributed by atoms with van der Waals surface area (Å²) in [5.41, 5.74) is -3.42. The van der Waals surface area contributed by atoms with Crippen molar-refractivity contribution in [3.63, 3.8) is 0 Å². The Kier molecular flexibility index (Phi) is 10.2. The lowest BCUT2D eigenvalue weighted by atomic mass is 9.72. The molecule has 1 fully saturated rings. The van der Waals surface area contributed by atoms with E-state index in [2.05, 4.69) is 4.74 Å². The van der Waals surface area contributed by atoms with Crippen LogP contribution in [0.25, 0.3) is 16.7 Å². The first-order valence-corrected chi connectivity index (χ1v) is 16.0. The minimum absolute atomic E-state index is 0.0108. The molecular formula is C37H34F9NO5. The summed E-state index contributed by atoms with van der Waals surface area (Å²) in [4.78, 5) is 26.4. The smallest absolute Gasteiger partial charge is 0.417 e. The molecule has 0 radical (unpaired) electrons. The van der Waals surface area contributed by atoms with Crippen LogP contribution in [0.15, 0.2) is 60.2 Å². The number of methoxy groups -OCH3 is 2. The molecule has 2 atom stereocenters. The summed E-state index contributed by atoms with van der Waals surface area (Å²) >= 11 is 0. The summed E-state index contributed by atoms with van der Waals surface area (Å²) in [5, 5.41) is 0. The predicted octanol–water partition coefficient (Wildman–Crippen LogP) is 10.8. The molecule has 0 unspecified atom stereocenters. The van der Waals surface area contributed by atoms with Crippen LogP contribution in [0, 0.1) is 5.41 Å². The number of hydrogen-bond donors (Lipinski definition) is 0. The first-order valence-electron chi connectivity index (χ1n) is 16.0. The van der Waals surface area contributed by atoms with Crippen molar-refractivity contribution in [2.24, 2.45) is 5.41 Å². The maximum absolute atomic E-state index is 14.5. The molecular weight excluding hydrogens is 709 g/mol. The molecule has 1 aliphatic carbocycles. The van der Waals surface area contributed by atoms with Gasteiger partial charge in [-0.15, -0.1) is 0 Å². The van der Waals surface area contributed by atoms with Gasteiger partial charge in [-0.2, -0.15) is 39.5 Å². The van der Waals surface area contributed by atoms with Crippen LogP contribution < -0.4 is 4.74 Å². The number of halogens is 9. The molecule has 2 aliphatic rings. The minimum Gasteiger partial charge on any atom is -0.496 e. The molecule has 0 N–H and O–H groups in total. The van der Waals surface area contributed by atoms with Gasteiger partial charge >= 0.3 is 30.6 Å². The number of hydrogen-bond acceptors (Lipinski definition) is 5. The number of alkyl halides is 9. The van der Waals surface area contributed by atoms with E-state index in [0.29, 0.717) is 48.1 Å². The molecule has 3 aromatic carbocycles. The van der Waals surface area contributed by atoms with Crippen molar-refractivity contribution in [3.8, 4) is 16.9 Å². The van der Waals surface area contributed by atoms with E-state index in [1.54, 1.807) is 0 Å². The number of carbonyl (C=O) groups is 2. The number of nitrogens with zero attached hydrogens (tertiary/aromatic N) is 1. The highest BCUT2D eigenvalue weighted by atomic mass is 19.4. The van der Waals surface area contributed by atoms with Crippen LogP contribution in [0.3, 0.4) is 0 Å². The van der Waals surface area contributed by atoms with Crippen LogP contribution in [0.2, 0.25) is 0 Å². The monoisotopic (exact) mass is 743 g/mol. The second-order valence-electron chi connectivity index (χ2n) is 13.6. The highest BCUT2D eigenvalue weighted by Gasteiger charge is 2.44. The Morgan fingerprint density at radius 1 is 0.865 bits per heavy atom. The second-order valence-corrected chi connectivity index (χ2v) is 13.6. The van der Waals surface area contributed by atoms with E-state index < -0.39 is 65.0 Å². The third-order valence-electron chi connectivity index (χ3n) is 9.45. The van der Waals surface area contributed by atoms with Gasteiger partial charge in [0.15, 0.2) is 0 Å². The predicted molar refractivity (Wildman–Crippen MR) is 171 cm³/mol. The van der Waals surface area contributed by atoms with Crippen molar-refractivity contribution in [2.45, 2.75) is 70.7 Å². The molecule has 280 valence electrons. The number of amides is 1. The topological polar surface area (TPSA) is 65.1 Å². The van der Waals surface area contributed by atoms with Crippen LogP contribution in [0.1, 0.15) is 84.3 Å². The van der Waals surface area contributed by atoms with E-state index in [9.17, 15) is 49.1 Å². The van der Waals surface area contributed by atoms with Gasteiger partial charge in [0.25, 0.3) is 0 Å². The molecule has 3 aromatic rings. The lowest BCUT2D eigenvalue weighted by molar-refractivity contribution is -0.143. The van der Waals surface area contributed by atoms with Gasteiger partial charge in [0, 0.05) is 12.1 Å². The molecule has 1 saturated heterocycles. The summed E-state index contributed by atoms with van der Waals surface area (Å²) in [5.74, 6) is -0.781. The molecule has 1 aliphatic heterocycles. The van der Waals surface area contributed by atoms with Crippen LogP contribution in [-0.4, -0.2) is 43.8 Å². The van der Waals surface area contributed by atoms with Crippen LogP contribution >= 0.6 is 0 Å². The van der Waals surface area contributed by atoms with Crippen molar-refractivity contribution < 1.29 is 63.3 Å². The van der Waals surface area contributed by atoms with E-state index in [1.807, 2.05) is 13.8 Å². The van der Waals surface area contributed by atoms with Gasteiger partial charge in [0.1, 0.15) is 11.9 Å². The molecule has 1 heterocycles. The van der Waals surface area contributed by atoms with Gasteiger partial charge in [0.2, 0.25) is 0 Å². The zero-order valence-electron chi connectivity index (χ0n) is 28.6. The molecule has 0 aromatic heterocycles. The van der Waals surface area contributed by atoms with Crippen molar-refractivity contribution in [1.29, 1.82) is 0 Å². The number of rotatable bonds is 7. The van der Waals surface area contributed by atoms with Gasteiger partial charge in [-0.25, -0.2) is 9.59 Å². The summed E-state index contributed by atoms with van der Waals surface area (Å²) in [6, 6.07) is 7.57. The van der Waals surface area contributed by atoms with Crippen LogP contribution in [0.5, 0.6) is 5.75 Å². The first-order chi connectivity index (χ1) is 24.0. The first kappa shape index (κ1) is 38.5. The average molecular weight is 744 g/mol. The summed E-state index contributed by atoms with van der Waals surface area (Å²) in [6.45, 7) is 5.18. The number of cyclic esters (lactones) is 1. The number of carbonyl (C=O) groups excluding carboxylic acids is 2. The van der Waals surface area contributed by atoms with Crippen molar-refractivity contribution in [1.82, 2.24) is 4.90 Å². The van der Waals surface area contributed by atoms with E-state index >= 15 is 0 Å². The fraction of sp³-hybridized carbons (Fsp3) is 0.405. The highest BCUT2D eigenvalue weighted by Crippen LogP contribution is 2.49. The molecule has 52 heavy (non-hydrogen) atoms. The summed E-state index contributed by atoms with van der Waals surface area (Å²) in [6.07, 6.45) is -16.2. The Balaban J connectivity index is 1.61. The Morgan fingerprint density at radius 2 is 1.46 bits per heavy atom. The largest absolute Gasteiger partial charge is 0.496 e. The van der Waals surface area contributed by atoms with E-state index in [4.69, 9.17) is 9.47 Å². The number of benzene rings is 3. The molecule has 6 nitrogen and oxygen atoms in total. The Hall–Kier alpha value is -4.69. The minimum atomic E-state index is -5.11. The Bertz CT molecular complexity index is 1860. The van der Waals surface area contributed by atoms with E-state index in [1.165, 1.54) is 56.4 Å². The van der Waals surface area contributed by atoms with Crippen LogP contribution in [0.4, 0.5) is 44.3 Å². The maximum Gasteiger partial charge on any atom is 0.417 e. The van der Waals surface area contributed by atoms with Gasteiger partial charge in [0.05, 0.1) is 42.5 Å². The lowest BCUT2D eigenvalue weighted by Gasteiger charge is -2.36. The molecule has 0 saturated carbocycles.